The molecule has 0 aliphatic heterocycles. The molecule has 0 amide bonds. The van der Waals surface area contributed by atoms with E-state index in [1.165, 1.54) is 18.2 Å². The Morgan fingerprint density at radius 2 is 1.70 bits per heavy atom. The van der Waals surface area contributed by atoms with E-state index in [2.05, 4.69) is 4.72 Å². The molecule has 8 nitrogen and oxygen atoms in total. The van der Waals surface area contributed by atoms with Crippen molar-refractivity contribution in [2.45, 2.75) is 0 Å². The molecule has 0 bridgehead atoms. The fourth-order valence-corrected chi connectivity index (χ4v) is 3.40. The number of benzene rings is 3. The van der Waals surface area contributed by atoms with Crippen LogP contribution in [0.5, 0.6) is 11.5 Å². The molecule has 30 heavy (non-hydrogen) atoms. The van der Waals surface area contributed by atoms with Crippen molar-refractivity contribution in [3.8, 4) is 22.6 Å². The normalized spacial score (nSPS) is 11.0. The predicted octanol–water partition coefficient (Wildman–Crippen LogP) is 3.50. The summed E-state index contributed by atoms with van der Waals surface area (Å²) in [7, 11) is -3.53. The molecule has 0 radical (unpaired) electrons. The van der Waals surface area contributed by atoms with Crippen molar-refractivity contribution in [1.82, 2.24) is 0 Å². The van der Waals surface area contributed by atoms with Gasteiger partial charge in [0.25, 0.3) is 0 Å². The second-order valence-electron chi connectivity index (χ2n) is 6.48. The molecule has 0 saturated heterocycles. The van der Waals surface area contributed by atoms with E-state index < -0.39 is 16.0 Å². The van der Waals surface area contributed by atoms with Crippen molar-refractivity contribution in [1.29, 1.82) is 5.41 Å². The first-order valence-corrected chi connectivity index (χ1v) is 10.6. The minimum Gasteiger partial charge on any atom is -0.478 e. The van der Waals surface area contributed by atoms with Crippen molar-refractivity contribution in [3.63, 3.8) is 0 Å². The average Bonchev–Trinajstić information content (AvgIpc) is 2.68. The standard InChI is InChI=1S/C21H19N3O5S/c1-30(27,28)24-14-8-11-19(29-15-9-6-13(7-10-15)20(22)23)18(12-14)16-4-2-3-5-17(16)21(25)26/h2-12,24H,1H3,(H3,22,23)(H,25,26). The Morgan fingerprint density at radius 3 is 2.30 bits per heavy atom. The van der Waals surface area contributed by atoms with Gasteiger partial charge in [-0.25, -0.2) is 13.2 Å². The zero-order valence-corrected chi connectivity index (χ0v) is 16.7. The summed E-state index contributed by atoms with van der Waals surface area (Å²) < 4.78 is 31.6. The topological polar surface area (TPSA) is 143 Å². The Morgan fingerprint density at radius 1 is 1.03 bits per heavy atom. The number of carbonyl (C=O) groups is 1. The van der Waals surface area contributed by atoms with Crippen LogP contribution in [0.4, 0.5) is 5.69 Å². The van der Waals surface area contributed by atoms with Gasteiger partial charge in [-0.3, -0.25) is 10.1 Å². The molecule has 0 unspecified atom stereocenters. The van der Waals surface area contributed by atoms with Crippen LogP contribution in [-0.2, 0) is 10.0 Å². The quantitative estimate of drug-likeness (QED) is 0.337. The number of aromatic carboxylic acids is 1. The fourth-order valence-electron chi connectivity index (χ4n) is 2.84. The third-order valence-corrected chi connectivity index (χ3v) is 4.73. The van der Waals surface area contributed by atoms with Crippen molar-refractivity contribution in [2.24, 2.45) is 5.73 Å². The summed E-state index contributed by atoms with van der Waals surface area (Å²) in [6.07, 6.45) is 1.03. The van der Waals surface area contributed by atoms with Crippen LogP contribution in [-0.4, -0.2) is 31.6 Å². The molecule has 0 fully saturated rings. The summed E-state index contributed by atoms with van der Waals surface area (Å²) in [5.74, 6) is -0.422. The fraction of sp³-hybridized carbons (Fsp3) is 0.0476. The number of sulfonamides is 1. The number of hydrogen-bond acceptors (Lipinski definition) is 5. The van der Waals surface area contributed by atoms with Crippen LogP contribution in [0.25, 0.3) is 11.1 Å². The van der Waals surface area contributed by atoms with E-state index >= 15 is 0 Å². The maximum absolute atomic E-state index is 11.7. The van der Waals surface area contributed by atoms with Gasteiger partial charge in [-0.05, 0) is 54.1 Å². The van der Waals surface area contributed by atoms with E-state index in [9.17, 15) is 18.3 Å². The van der Waals surface area contributed by atoms with Gasteiger partial charge in [-0.2, -0.15) is 0 Å². The number of nitrogens with one attached hydrogen (secondary N) is 2. The van der Waals surface area contributed by atoms with Gasteiger partial charge in [0.1, 0.15) is 17.3 Å². The minimum atomic E-state index is -3.53. The van der Waals surface area contributed by atoms with E-state index in [1.807, 2.05) is 0 Å². The number of nitrogen functional groups attached to an aromatic ring is 1. The van der Waals surface area contributed by atoms with Crippen LogP contribution in [0.3, 0.4) is 0 Å². The molecular formula is C21H19N3O5S. The molecule has 0 saturated carbocycles. The van der Waals surface area contributed by atoms with Crippen LogP contribution in [0.2, 0.25) is 0 Å². The third-order valence-electron chi connectivity index (χ3n) is 4.12. The molecule has 3 aromatic carbocycles. The first-order chi connectivity index (χ1) is 14.1. The van der Waals surface area contributed by atoms with E-state index in [0.29, 0.717) is 28.2 Å². The predicted molar refractivity (Wildman–Crippen MR) is 115 cm³/mol. The number of nitrogens with two attached hydrogens (primary N) is 1. The molecule has 9 heteroatoms. The molecule has 154 valence electrons. The minimum absolute atomic E-state index is 0.0470. The van der Waals surface area contributed by atoms with Crippen molar-refractivity contribution in [2.75, 3.05) is 11.0 Å². The van der Waals surface area contributed by atoms with E-state index in [0.717, 1.165) is 6.26 Å². The molecule has 5 N–H and O–H groups in total. The highest BCUT2D eigenvalue weighted by Gasteiger charge is 2.17. The maximum Gasteiger partial charge on any atom is 0.336 e. The highest BCUT2D eigenvalue weighted by molar-refractivity contribution is 7.92. The molecule has 3 rings (SSSR count). The number of amidine groups is 1. The molecule has 0 spiro atoms. The number of hydrogen-bond donors (Lipinski definition) is 4. The van der Waals surface area contributed by atoms with Crippen molar-refractivity contribution >= 4 is 27.5 Å². The van der Waals surface area contributed by atoms with Gasteiger partial charge in [-0.15, -0.1) is 0 Å². The Kier molecular flexibility index (Phi) is 5.74. The summed E-state index contributed by atoms with van der Waals surface area (Å²) in [6.45, 7) is 0. The van der Waals surface area contributed by atoms with Crippen molar-refractivity contribution in [3.05, 3.63) is 77.9 Å². The lowest BCUT2D eigenvalue weighted by atomic mass is 9.98. The Labute approximate surface area is 173 Å². The summed E-state index contributed by atoms with van der Waals surface area (Å²) in [5.41, 5.74) is 7.08. The first-order valence-electron chi connectivity index (χ1n) is 8.71. The van der Waals surface area contributed by atoms with Gasteiger partial charge < -0.3 is 15.6 Å². The summed E-state index contributed by atoms with van der Waals surface area (Å²) in [5, 5.41) is 17.0. The lowest BCUT2D eigenvalue weighted by Gasteiger charge is -2.15. The zero-order valence-electron chi connectivity index (χ0n) is 15.9. The maximum atomic E-state index is 11.7. The number of carboxylic acids is 1. The SMILES string of the molecule is CS(=O)(=O)Nc1ccc(Oc2ccc(C(=N)N)cc2)c(-c2ccccc2C(=O)O)c1. The molecule has 0 heterocycles. The number of anilines is 1. The number of carboxylic acid groups (broad SMARTS) is 1. The van der Waals surface area contributed by atoms with Crippen LogP contribution in [0, 0.1) is 5.41 Å². The molecule has 3 aromatic rings. The Balaban J connectivity index is 2.10. The largest absolute Gasteiger partial charge is 0.478 e. The van der Waals surface area contributed by atoms with E-state index in [4.69, 9.17) is 15.9 Å². The van der Waals surface area contributed by atoms with Crippen molar-refractivity contribution < 1.29 is 23.1 Å². The van der Waals surface area contributed by atoms with E-state index in [1.54, 1.807) is 48.5 Å². The second-order valence-corrected chi connectivity index (χ2v) is 8.22. The summed E-state index contributed by atoms with van der Waals surface area (Å²) in [6, 6.07) is 17.5. The zero-order chi connectivity index (χ0) is 21.9. The van der Waals surface area contributed by atoms with E-state index in [-0.39, 0.29) is 17.1 Å². The molecule has 0 aliphatic carbocycles. The lowest BCUT2D eigenvalue weighted by molar-refractivity contribution is 0.0697. The monoisotopic (exact) mass is 425 g/mol. The van der Waals surface area contributed by atoms with Crippen LogP contribution >= 0.6 is 0 Å². The number of ether oxygens (including phenoxy) is 1. The van der Waals surface area contributed by atoms with Gasteiger partial charge in [0, 0.05) is 16.8 Å². The van der Waals surface area contributed by atoms with Gasteiger partial charge in [-0.1, -0.05) is 18.2 Å². The smallest absolute Gasteiger partial charge is 0.336 e. The first kappa shape index (κ1) is 20.9. The third kappa shape index (κ3) is 4.95. The van der Waals surface area contributed by atoms with Gasteiger partial charge >= 0.3 is 5.97 Å². The van der Waals surface area contributed by atoms with Gasteiger partial charge in [0.05, 0.1) is 11.8 Å². The van der Waals surface area contributed by atoms with Crippen LogP contribution in [0.15, 0.2) is 66.7 Å². The number of rotatable bonds is 7. The van der Waals surface area contributed by atoms with Crippen LogP contribution in [0.1, 0.15) is 15.9 Å². The summed E-state index contributed by atoms with van der Waals surface area (Å²) >= 11 is 0. The molecule has 0 aromatic heterocycles. The Hall–Kier alpha value is -3.85. The average molecular weight is 425 g/mol. The highest BCUT2D eigenvalue weighted by Crippen LogP contribution is 2.37. The lowest BCUT2D eigenvalue weighted by Crippen LogP contribution is -2.10. The van der Waals surface area contributed by atoms with Crippen LogP contribution < -0.4 is 15.2 Å². The molecule has 0 atom stereocenters. The summed E-state index contributed by atoms with van der Waals surface area (Å²) in [4.78, 5) is 11.7. The Bertz CT molecular complexity index is 1220. The second kappa shape index (κ2) is 8.26. The molecule has 0 aliphatic rings. The van der Waals surface area contributed by atoms with Gasteiger partial charge in [0.2, 0.25) is 10.0 Å². The highest BCUT2D eigenvalue weighted by atomic mass is 32.2. The molecular weight excluding hydrogens is 406 g/mol. The van der Waals surface area contributed by atoms with Gasteiger partial charge in [0.15, 0.2) is 0 Å².